The third kappa shape index (κ3) is 3.75. The highest BCUT2D eigenvalue weighted by molar-refractivity contribution is 5.85. The second-order valence-electron chi connectivity index (χ2n) is 7.32. The smallest absolute Gasteiger partial charge is 0.348 e. The fraction of sp³-hybridized carbons (Fsp3) is 0.348. The Bertz CT molecular complexity index is 804. The summed E-state index contributed by atoms with van der Waals surface area (Å²) in [4.78, 5) is 15.1. The largest absolute Gasteiger partial charge is 0.450 e. The number of ether oxygens (including phenoxy) is 1. The average molecular weight is 361 g/mol. The van der Waals surface area contributed by atoms with Crippen LogP contribution in [0.5, 0.6) is 0 Å². The Morgan fingerprint density at radius 2 is 1.56 bits per heavy atom. The van der Waals surface area contributed by atoms with E-state index in [1.54, 1.807) is 48.5 Å². The molecule has 4 heteroatoms. The van der Waals surface area contributed by atoms with E-state index in [9.17, 15) is 9.90 Å². The third-order valence-electron chi connectivity index (χ3n) is 5.44. The first-order valence-corrected chi connectivity index (χ1v) is 9.36. The van der Waals surface area contributed by atoms with Gasteiger partial charge in [-0.25, -0.2) is 4.79 Å². The lowest BCUT2D eigenvalue weighted by atomic mass is 9.86. The summed E-state index contributed by atoms with van der Waals surface area (Å²) in [6, 6.07) is 17.7. The quantitative estimate of drug-likeness (QED) is 0.656. The second-order valence-corrected chi connectivity index (χ2v) is 7.32. The van der Waals surface area contributed by atoms with Crippen LogP contribution in [0.4, 0.5) is 0 Å². The number of carbonyl (C=O) groups excluding carboxylic acids is 1. The van der Waals surface area contributed by atoms with Gasteiger partial charge in [-0.15, -0.1) is 0 Å². The van der Waals surface area contributed by atoms with E-state index in [0.29, 0.717) is 17.7 Å². The predicted octanol–water partition coefficient (Wildman–Crippen LogP) is 2.42. The molecule has 4 rings (SSSR count). The highest BCUT2D eigenvalue weighted by Crippen LogP contribution is 2.44. The van der Waals surface area contributed by atoms with Crippen LogP contribution in [0.25, 0.3) is 0 Å². The van der Waals surface area contributed by atoms with Crippen LogP contribution >= 0.6 is 0 Å². The molecular weight excluding hydrogens is 338 g/mol. The Morgan fingerprint density at radius 1 is 1.00 bits per heavy atom. The van der Waals surface area contributed by atoms with Crippen molar-refractivity contribution in [3.63, 3.8) is 0 Å². The van der Waals surface area contributed by atoms with Gasteiger partial charge in [0.15, 0.2) is 6.61 Å². The number of hydrogen-bond donors (Lipinski definition) is 1. The maximum atomic E-state index is 12.8. The van der Waals surface area contributed by atoms with Crippen molar-refractivity contribution in [2.45, 2.75) is 12.0 Å². The average Bonchev–Trinajstić information content (AvgIpc) is 3.34. The number of fused-ring (bicyclic) bond motifs is 1. The van der Waals surface area contributed by atoms with Gasteiger partial charge in [0.05, 0.1) is 6.54 Å². The summed E-state index contributed by atoms with van der Waals surface area (Å²) in [5, 5.41) is 11.3. The molecule has 138 valence electrons. The van der Waals surface area contributed by atoms with Gasteiger partial charge in [0.25, 0.3) is 0 Å². The molecule has 2 atom stereocenters. The summed E-state index contributed by atoms with van der Waals surface area (Å²) in [5.74, 6) is 7.03. The van der Waals surface area contributed by atoms with Crippen LogP contribution in [-0.4, -0.2) is 42.2 Å². The molecule has 1 saturated heterocycles. The molecule has 4 nitrogen and oxygen atoms in total. The fourth-order valence-electron chi connectivity index (χ4n) is 3.81. The minimum atomic E-state index is -1.85. The summed E-state index contributed by atoms with van der Waals surface area (Å²) >= 11 is 0. The molecular formula is C23H23NO3. The number of benzene rings is 2. The van der Waals surface area contributed by atoms with Crippen LogP contribution in [0.1, 0.15) is 17.5 Å². The lowest BCUT2D eigenvalue weighted by Crippen LogP contribution is -2.38. The fourth-order valence-corrected chi connectivity index (χ4v) is 3.81. The number of hydrogen-bond acceptors (Lipinski definition) is 4. The van der Waals surface area contributed by atoms with E-state index in [2.05, 4.69) is 16.7 Å². The maximum absolute atomic E-state index is 12.8. The molecule has 2 aromatic carbocycles. The standard InChI is InChI=1S/C23H23NO3/c25-22(27-14-8-7-13-24-16-18-15-19(18)17-24)23(26,20-9-3-1-4-10-20)21-11-5-2-6-12-21/h1-6,9-12,18-19,26H,13-17H2/t18-,19+. The molecule has 0 radical (unpaired) electrons. The van der Waals surface area contributed by atoms with Crippen molar-refractivity contribution < 1.29 is 14.6 Å². The van der Waals surface area contributed by atoms with Crippen molar-refractivity contribution in [3.05, 3.63) is 71.8 Å². The number of aliphatic hydroxyl groups is 1. The molecule has 0 unspecified atom stereocenters. The van der Waals surface area contributed by atoms with Crippen LogP contribution in [0, 0.1) is 23.7 Å². The molecule has 1 aliphatic carbocycles. The van der Waals surface area contributed by atoms with E-state index in [4.69, 9.17) is 4.74 Å². The van der Waals surface area contributed by atoms with Crippen molar-refractivity contribution in [3.8, 4) is 11.8 Å². The highest BCUT2D eigenvalue weighted by Gasteiger charge is 2.44. The summed E-state index contributed by atoms with van der Waals surface area (Å²) < 4.78 is 5.33. The Labute approximate surface area is 159 Å². The van der Waals surface area contributed by atoms with Crippen LogP contribution in [0.2, 0.25) is 0 Å². The van der Waals surface area contributed by atoms with Gasteiger partial charge in [-0.2, -0.15) is 0 Å². The normalized spacial score (nSPS) is 21.1. The molecule has 0 bridgehead atoms. The van der Waals surface area contributed by atoms with E-state index in [-0.39, 0.29) is 6.61 Å². The number of esters is 1. The van der Waals surface area contributed by atoms with Gasteiger partial charge in [-0.05, 0) is 29.4 Å². The van der Waals surface area contributed by atoms with Crippen molar-refractivity contribution in [2.24, 2.45) is 11.8 Å². The number of nitrogens with zero attached hydrogens (tertiary/aromatic N) is 1. The minimum Gasteiger partial charge on any atom is -0.450 e. The molecule has 2 aliphatic rings. The van der Waals surface area contributed by atoms with E-state index in [1.165, 1.54) is 6.42 Å². The number of carbonyl (C=O) groups is 1. The summed E-state index contributed by atoms with van der Waals surface area (Å²) in [7, 11) is 0. The first kappa shape index (κ1) is 17.8. The molecule has 2 aromatic rings. The highest BCUT2D eigenvalue weighted by atomic mass is 16.5. The van der Waals surface area contributed by atoms with E-state index < -0.39 is 11.6 Å². The number of piperidine rings is 1. The SMILES string of the molecule is O=C(OCC#CCN1C[C@H]2C[C@H]2C1)C(O)(c1ccccc1)c1ccccc1. The summed E-state index contributed by atoms with van der Waals surface area (Å²) in [6.07, 6.45) is 1.37. The molecule has 1 N–H and O–H groups in total. The Hall–Kier alpha value is -2.61. The Balaban J connectivity index is 1.42. The zero-order valence-corrected chi connectivity index (χ0v) is 15.2. The van der Waals surface area contributed by atoms with Crippen molar-refractivity contribution in [1.82, 2.24) is 4.90 Å². The van der Waals surface area contributed by atoms with Gasteiger partial charge in [-0.3, -0.25) is 4.90 Å². The third-order valence-corrected chi connectivity index (χ3v) is 5.44. The first-order valence-electron chi connectivity index (χ1n) is 9.36. The van der Waals surface area contributed by atoms with Crippen LogP contribution < -0.4 is 0 Å². The minimum absolute atomic E-state index is 0.0263. The summed E-state index contributed by atoms with van der Waals surface area (Å²) in [5.41, 5.74) is -0.892. The van der Waals surface area contributed by atoms with Crippen molar-refractivity contribution >= 4 is 5.97 Å². The second kappa shape index (κ2) is 7.56. The van der Waals surface area contributed by atoms with Gasteiger partial charge in [0.1, 0.15) is 0 Å². The molecule has 1 saturated carbocycles. The molecule has 1 heterocycles. The van der Waals surface area contributed by atoms with Gasteiger partial charge < -0.3 is 9.84 Å². The lowest BCUT2D eigenvalue weighted by molar-refractivity contribution is -0.160. The van der Waals surface area contributed by atoms with Crippen LogP contribution in [0.15, 0.2) is 60.7 Å². The van der Waals surface area contributed by atoms with Gasteiger partial charge >= 0.3 is 5.97 Å². The first-order chi connectivity index (χ1) is 13.2. The van der Waals surface area contributed by atoms with Crippen LogP contribution in [-0.2, 0) is 15.1 Å². The van der Waals surface area contributed by atoms with Gasteiger partial charge in [0.2, 0.25) is 5.60 Å². The molecule has 27 heavy (non-hydrogen) atoms. The zero-order valence-electron chi connectivity index (χ0n) is 15.2. The molecule has 0 aromatic heterocycles. The van der Waals surface area contributed by atoms with E-state index in [1.807, 2.05) is 12.1 Å². The van der Waals surface area contributed by atoms with Crippen molar-refractivity contribution in [1.29, 1.82) is 0 Å². The summed E-state index contributed by atoms with van der Waals surface area (Å²) in [6.45, 7) is 2.97. The molecule has 0 spiro atoms. The van der Waals surface area contributed by atoms with E-state index in [0.717, 1.165) is 24.9 Å². The topological polar surface area (TPSA) is 49.8 Å². The molecule has 0 amide bonds. The predicted molar refractivity (Wildman–Crippen MR) is 103 cm³/mol. The van der Waals surface area contributed by atoms with Gasteiger partial charge in [-0.1, -0.05) is 72.5 Å². The monoisotopic (exact) mass is 361 g/mol. The zero-order chi connectivity index (χ0) is 18.7. The number of rotatable bonds is 5. The van der Waals surface area contributed by atoms with Gasteiger partial charge in [0, 0.05) is 13.1 Å². The van der Waals surface area contributed by atoms with Crippen LogP contribution in [0.3, 0.4) is 0 Å². The molecule has 1 aliphatic heterocycles. The Morgan fingerprint density at radius 3 is 2.11 bits per heavy atom. The van der Waals surface area contributed by atoms with E-state index >= 15 is 0 Å². The number of likely N-dealkylation sites (tertiary alicyclic amines) is 1. The Kier molecular flexibility index (Phi) is 4.98. The molecule has 2 fully saturated rings. The van der Waals surface area contributed by atoms with Crippen molar-refractivity contribution in [2.75, 3.05) is 26.2 Å². The maximum Gasteiger partial charge on any atom is 0.348 e. The lowest BCUT2D eigenvalue weighted by Gasteiger charge is -2.26.